The molecule has 0 aromatic heterocycles. The Balaban J connectivity index is 1.91. The fourth-order valence-electron chi connectivity index (χ4n) is 1.83. The maximum Gasteiger partial charge on any atom is 0.303 e. The van der Waals surface area contributed by atoms with Crippen LogP contribution in [0.2, 0.25) is 0 Å². The van der Waals surface area contributed by atoms with Crippen molar-refractivity contribution in [2.75, 3.05) is 6.54 Å². The molecule has 2 N–H and O–H groups in total. The standard InChI is InChI=1S/C13H15NO4/c15-12(16)6-3-9-1-4-10(5-2-9)18-11-7-8-14-13(11)17/h1-2,4-5,11H,3,6-8H2,(H,14,17)(H,15,16). The summed E-state index contributed by atoms with van der Waals surface area (Å²) in [6.45, 7) is 0.653. The molecule has 1 aromatic carbocycles. The molecule has 2 rings (SSSR count). The molecule has 0 spiro atoms. The first kappa shape index (κ1) is 12.4. The van der Waals surface area contributed by atoms with Crippen LogP contribution in [0.25, 0.3) is 0 Å². The van der Waals surface area contributed by atoms with E-state index in [1.165, 1.54) is 0 Å². The van der Waals surface area contributed by atoms with Gasteiger partial charge in [-0.25, -0.2) is 0 Å². The van der Waals surface area contributed by atoms with E-state index in [-0.39, 0.29) is 12.3 Å². The molecular weight excluding hydrogens is 234 g/mol. The van der Waals surface area contributed by atoms with Gasteiger partial charge in [0.15, 0.2) is 6.10 Å². The number of benzene rings is 1. The lowest BCUT2D eigenvalue weighted by Crippen LogP contribution is -2.27. The van der Waals surface area contributed by atoms with Crippen LogP contribution in [0, 0.1) is 0 Å². The van der Waals surface area contributed by atoms with E-state index in [1.54, 1.807) is 12.1 Å². The molecule has 1 fully saturated rings. The number of aryl methyl sites for hydroxylation is 1. The maximum atomic E-state index is 11.3. The quantitative estimate of drug-likeness (QED) is 0.815. The third kappa shape index (κ3) is 3.23. The molecule has 0 saturated carbocycles. The molecule has 1 aliphatic heterocycles. The van der Waals surface area contributed by atoms with E-state index in [1.807, 2.05) is 12.1 Å². The monoisotopic (exact) mass is 249 g/mol. The van der Waals surface area contributed by atoms with Crippen LogP contribution in [0.15, 0.2) is 24.3 Å². The molecule has 0 aliphatic carbocycles. The van der Waals surface area contributed by atoms with Crippen LogP contribution >= 0.6 is 0 Å². The lowest BCUT2D eigenvalue weighted by Gasteiger charge is -2.11. The van der Waals surface area contributed by atoms with Gasteiger partial charge in [-0.2, -0.15) is 0 Å². The highest BCUT2D eigenvalue weighted by molar-refractivity contribution is 5.83. The molecule has 1 amide bonds. The number of aliphatic carboxylic acids is 1. The van der Waals surface area contributed by atoms with Crippen LogP contribution in [0.1, 0.15) is 18.4 Å². The van der Waals surface area contributed by atoms with Crippen molar-refractivity contribution in [2.24, 2.45) is 0 Å². The molecule has 1 saturated heterocycles. The SMILES string of the molecule is O=C(O)CCc1ccc(OC2CCNC2=O)cc1. The summed E-state index contributed by atoms with van der Waals surface area (Å²) in [5.41, 5.74) is 0.945. The van der Waals surface area contributed by atoms with E-state index in [9.17, 15) is 9.59 Å². The number of rotatable bonds is 5. The van der Waals surface area contributed by atoms with Crippen LogP contribution < -0.4 is 10.1 Å². The molecule has 1 aliphatic rings. The predicted molar refractivity (Wildman–Crippen MR) is 64.4 cm³/mol. The first-order valence-corrected chi connectivity index (χ1v) is 5.90. The summed E-state index contributed by atoms with van der Waals surface area (Å²) in [4.78, 5) is 21.8. The Morgan fingerprint density at radius 1 is 1.39 bits per heavy atom. The third-order valence-electron chi connectivity index (χ3n) is 2.83. The van der Waals surface area contributed by atoms with E-state index in [4.69, 9.17) is 9.84 Å². The Morgan fingerprint density at radius 2 is 2.11 bits per heavy atom. The number of hydrogen-bond acceptors (Lipinski definition) is 3. The van der Waals surface area contributed by atoms with Crippen molar-refractivity contribution in [3.05, 3.63) is 29.8 Å². The molecule has 1 unspecified atom stereocenters. The number of carbonyl (C=O) groups is 2. The Hall–Kier alpha value is -2.04. The molecule has 5 heteroatoms. The molecule has 5 nitrogen and oxygen atoms in total. The summed E-state index contributed by atoms with van der Waals surface area (Å²) in [7, 11) is 0. The molecule has 96 valence electrons. The molecule has 1 aromatic rings. The van der Waals surface area contributed by atoms with Crippen LogP contribution in [0.4, 0.5) is 0 Å². The van der Waals surface area contributed by atoms with Gasteiger partial charge in [-0.1, -0.05) is 12.1 Å². The van der Waals surface area contributed by atoms with Crippen LogP contribution in [0.5, 0.6) is 5.75 Å². The predicted octanol–water partition coefficient (Wildman–Crippen LogP) is 0.971. The molecule has 1 heterocycles. The first-order valence-electron chi connectivity index (χ1n) is 5.90. The zero-order chi connectivity index (χ0) is 13.0. The van der Waals surface area contributed by atoms with Crippen LogP contribution in [-0.4, -0.2) is 29.6 Å². The number of hydrogen-bond donors (Lipinski definition) is 2. The van der Waals surface area contributed by atoms with Gasteiger partial charge in [0.25, 0.3) is 5.91 Å². The van der Waals surface area contributed by atoms with Gasteiger partial charge in [0.1, 0.15) is 5.75 Å². The van der Waals surface area contributed by atoms with Gasteiger partial charge in [-0.05, 0) is 24.1 Å². The first-order chi connectivity index (χ1) is 8.65. The lowest BCUT2D eigenvalue weighted by molar-refractivity contribution is -0.137. The highest BCUT2D eigenvalue weighted by Crippen LogP contribution is 2.17. The number of nitrogens with one attached hydrogen (secondary N) is 1. The van der Waals surface area contributed by atoms with Crippen molar-refractivity contribution in [1.82, 2.24) is 5.32 Å². The molecule has 0 bridgehead atoms. The van der Waals surface area contributed by atoms with Gasteiger partial charge in [0.2, 0.25) is 0 Å². The summed E-state index contributed by atoms with van der Waals surface area (Å²) >= 11 is 0. The zero-order valence-electron chi connectivity index (χ0n) is 9.89. The summed E-state index contributed by atoms with van der Waals surface area (Å²) in [5.74, 6) is -0.251. The van der Waals surface area contributed by atoms with Crippen molar-refractivity contribution in [3.63, 3.8) is 0 Å². The van der Waals surface area contributed by atoms with E-state index in [0.717, 1.165) is 5.56 Å². The largest absolute Gasteiger partial charge is 0.481 e. The molecule has 0 radical (unpaired) electrons. The number of carboxylic acid groups (broad SMARTS) is 1. The van der Waals surface area contributed by atoms with Gasteiger partial charge >= 0.3 is 5.97 Å². The summed E-state index contributed by atoms with van der Waals surface area (Å²) < 4.78 is 5.54. The zero-order valence-corrected chi connectivity index (χ0v) is 9.89. The summed E-state index contributed by atoms with van der Waals surface area (Å²) in [6.07, 6.45) is 0.888. The number of carbonyl (C=O) groups excluding carboxylic acids is 1. The minimum atomic E-state index is -0.807. The van der Waals surface area contributed by atoms with Gasteiger partial charge in [-0.15, -0.1) is 0 Å². The Morgan fingerprint density at radius 3 is 2.67 bits per heavy atom. The van der Waals surface area contributed by atoms with Crippen LogP contribution in [-0.2, 0) is 16.0 Å². The second-order valence-corrected chi connectivity index (χ2v) is 4.22. The Kier molecular flexibility index (Phi) is 3.82. The van der Waals surface area contributed by atoms with E-state index >= 15 is 0 Å². The Labute approximate surface area is 105 Å². The van der Waals surface area contributed by atoms with E-state index in [2.05, 4.69) is 5.32 Å². The van der Waals surface area contributed by atoms with Crippen LogP contribution in [0.3, 0.4) is 0 Å². The second-order valence-electron chi connectivity index (χ2n) is 4.22. The number of ether oxygens (including phenoxy) is 1. The van der Waals surface area contributed by atoms with Crippen molar-refractivity contribution < 1.29 is 19.4 Å². The van der Waals surface area contributed by atoms with E-state index in [0.29, 0.717) is 25.1 Å². The van der Waals surface area contributed by atoms with Gasteiger partial charge in [0.05, 0.1) is 0 Å². The summed E-state index contributed by atoms with van der Waals surface area (Å²) in [5, 5.41) is 11.3. The topological polar surface area (TPSA) is 75.6 Å². The van der Waals surface area contributed by atoms with Gasteiger partial charge in [0, 0.05) is 19.4 Å². The second kappa shape index (κ2) is 5.53. The maximum absolute atomic E-state index is 11.3. The number of amides is 1. The number of carboxylic acids is 1. The fourth-order valence-corrected chi connectivity index (χ4v) is 1.83. The lowest BCUT2D eigenvalue weighted by atomic mass is 10.1. The summed E-state index contributed by atoms with van der Waals surface area (Å²) in [6, 6.07) is 7.18. The normalized spacial score (nSPS) is 18.4. The average Bonchev–Trinajstić information content (AvgIpc) is 2.74. The third-order valence-corrected chi connectivity index (χ3v) is 2.83. The smallest absolute Gasteiger partial charge is 0.303 e. The minimum Gasteiger partial charge on any atom is -0.481 e. The van der Waals surface area contributed by atoms with E-state index < -0.39 is 12.1 Å². The van der Waals surface area contributed by atoms with Crippen molar-refractivity contribution >= 4 is 11.9 Å². The molecule has 1 atom stereocenters. The van der Waals surface area contributed by atoms with Crippen molar-refractivity contribution in [2.45, 2.75) is 25.4 Å². The van der Waals surface area contributed by atoms with Gasteiger partial charge in [-0.3, -0.25) is 9.59 Å². The minimum absolute atomic E-state index is 0.0787. The highest BCUT2D eigenvalue weighted by Gasteiger charge is 2.25. The average molecular weight is 249 g/mol. The molecule has 18 heavy (non-hydrogen) atoms. The van der Waals surface area contributed by atoms with Gasteiger partial charge < -0.3 is 15.2 Å². The fraction of sp³-hybridized carbons (Fsp3) is 0.385. The highest BCUT2D eigenvalue weighted by atomic mass is 16.5. The molecular formula is C13H15NO4. The van der Waals surface area contributed by atoms with Crippen molar-refractivity contribution in [3.8, 4) is 5.75 Å². The van der Waals surface area contributed by atoms with Crippen molar-refractivity contribution in [1.29, 1.82) is 0 Å². The Bertz CT molecular complexity index is 441.